The molecular weight excluding hydrogens is 467 g/mol. The third-order valence-electron chi connectivity index (χ3n) is 6.28. The predicted octanol–water partition coefficient (Wildman–Crippen LogP) is 5.19. The number of thioether (sulfide) groups is 1. The Balaban J connectivity index is 1.79. The van der Waals surface area contributed by atoms with E-state index < -0.39 is 13.5 Å². The molecule has 0 saturated carbocycles. The zero-order valence-corrected chi connectivity index (χ0v) is 21.5. The van der Waals surface area contributed by atoms with Crippen LogP contribution in [0.2, 0.25) is 0 Å². The summed E-state index contributed by atoms with van der Waals surface area (Å²) in [4.78, 5) is 4.82. The van der Waals surface area contributed by atoms with E-state index >= 15 is 0 Å². The molecule has 5 rings (SSSR count). The van der Waals surface area contributed by atoms with Crippen molar-refractivity contribution in [3.8, 4) is 0 Å². The number of nitrogens with zero attached hydrogens (tertiary/aromatic N) is 1. The van der Waals surface area contributed by atoms with Gasteiger partial charge in [-0.2, -0.15) is 0 Å². The molecule has 0 aliphatic carbocycles. The van der Waals surface area contributed by atoms with Gasteiger partial charge in [-0.25, -0.2) is 4.99 Å². The van der Waals surface area contributed by atoms with E-state index in [1.54, 1.807) is 11.8 Å². The first-order valence-electron chi connectivity index (χ1n) is 11.6. The second-order valence-electron chi connectivity index (χ2n) is 8.44. The quantitative estimate of drug-likeness (QED) is 0.362. The zero-order chi connectivity index (χ0) is 24.3. The van der Waals surface area contributed by atoms with Gasteiger partial charge >= 0.3 is 0 Å². The van der Waals surface area contributed by atoms with E-state index in [1.807, 2.05) is 30.3 Å². The first-order valence-corrected chi connectivity index (χ1v) is 14.6. The Morgan fingerprint density at radius 2 is 1.17 bits per heavy atom. The minimum absolute atomic E-state index is 0.692. The van der Waals surface area contributed by atoms with Gasteiger partial charge in [0.2, 0.25) is 6.23 Å². The normalized spacial score (nSPS) is 16.0. The molecule has 4 aromatic carbocycles. The first-order chi connectivity index (χ1) is 17.1. The fourth-order valence-electron chi connectivity index (χ4n) is 4.66. The highest BCUT2D eigenvalue weighted by molar-refractivity contribution is 8.04. The smallest absolute Gasteiger partial charge is 0.209 e. The lowest BCUT2D eigenvalue weighted by Crippen LogP contribution is -2.40. The molecule has 1 aliphatic rings. The van der Waals surface area contributed by atoms with E-state index in [0.29, 0.717) is 5.84 Å². The third-order valence-corrected chi connectivity index (χ3v) is 11.6. The van der Waals surface area contributed by atoms with Crippen LogP contribution in [0.4, 0.5) is 0 Å². The van der Waals surface area contributed by atoms with E-state index in [0.717, 1.165) is 15.9 Å². The van der Waals surface area contributed by atoms with Crippen molar-refractivity contribution in [2.45, 2.75) is 13.2 Å². The Kier molecular flexibility index (Phi) is 6.88. The summed E-state index contributed by atoms with van der Waals surface area (Å²) in [6.45, 7) is 2.07. The fourth-order valence-corrected chi connectivity index (χ4v) is 10.2. The molecule has 0 spiro atoms. The van der Waals surface area contributed by atoms with Crippen LogP contribution in [-0.4, -0.2) is 23.4 Å². The lowest BCUT2D eigenvalue weighted by atomic mass is 10.1. The molecule has 1 heterocycles. The number of rotatable bonds is 6. The standard InChI is InChI=1S/C30H28N2OPS/c1-22-18-20-23(21-19-22)28-31-29(33)27(30(32-28)35-2)34(24-12-6-3-7-13-24,25-14-8-4-9-15-25)26-16-10-5-11-17-26/h3-21,29,33H,1-2H3,(H,31,32)/q+1/t29-/m0/s1. The lowest BCUT2D eigenvalue weighted by Gasteiger charge is -2.34. The highest BCUT2D eigenvalue weighted by Gasteiger charge is 2.54. The summed E-state index contributed by atoms with van der Waals surface area (Å²) < 4.78 is 0. The maximum atomic E-state index is 11.8. The van der Waals surface area contributed by atoms with Crippen LogP contribution >= 0.6 is 19.0 Å². The predicted molar refractivity (Wildman–Crippen MR) is 153 cm³/mol. The van der Waals surface area contributed by atoms with Gasteiger partial charge in [0, 0.05) is 5.56 Å². The van der Waals surface area contributed by atoms with Crippen LogP contribution in [0.3, 0.4) is 0 Å². The number of aliphatic imine (C=N–C) groups is 1. The molecule has 1 aliphatic heterocycles. The molecule has 0 radical (unpaired) electrons. The monoisotopic (exact) mass is 495 g/mol. The molecule has 0 fully saturated rings. The maximum absolute atomic E-state index is 11.8. The topological polar surface area (TPSA) is 44.6 Å². The van der Waals surface area contributed by atoms with Crippen LogP contribution in [0.25, 0.3) is 0 Å². The molecule has 0 unspecified atom stereocenters. The summed E-state index contributed by atoms with van der Waals surface area (Å²) in [7, 11) is -2.44. The van der Waals surface area contributed by atoms with E-state index in [9.17, 15) is 5.11 Å². The van der Waals surface area contributed by atoms with Crippen LogP contribution < -0.4 is 21.2 Å². The summed E-state index contributed by atoms with van der Waals surface area (Å²) >= 11 is 1.63. The number of benzene rings is 4. The molecule has 4 aromatic rings. The van der Waals surface area contributed by atoms with E-state index in [2.05, 4.69) is 103 Å². The molecule has 1 atom stereocenters. The van der Waals surface area contributed by atoms with Crippen LogP contribution in [0, 0.1) is 6.92 Å². The van der Waals surface area contributed by atoms with Crippen LogP contribution in [0.15, 0.2) is 131 Å². The Bertz CT molecular complexity index is 1260. The number of hydrogen-bond acceptors (Lipinski definition) is 4. The number of amidine groups is 1. The van der Waals surface area contributed by atoms with Crippen molar-refractivity contribution in [3.63, 3.8) is 0 Å². The SMILES string of the molecule is CSC1=C([P+](c2ccccc2)(c2ccccc2)c2ccccc2)[C@H](O)N=C(c2ccc(C)cc2)N1. The molecule has 0 bridgehead atoms. The molecule has 174 valence electrons. The third kappa shape index (κ3) is 4.34. The average Bonchev–Trinajstić information content (AvgIpc) is 2.92. The number of hydrogen-bond donors (Lipinski definition) is 2. The molecular formula is C30H28N2OPS+. The van der Waals surface area contributed by atoms with E-state index in [-0.39, 0.29) is 0 Å². The van der Waals surface area contributed by atoms with Gasteiger partial charge in [0.05, 0.1) is 0 Å². The van der Waals surface area contributed by atoms with E-state index in [1.165, 1.54) is 21.5 Å². The summed E-state index contributed by atoms with van der Waals surface area (Å²) in [6, 6.07) is 40.0. The summed E-state index contributed by atoms with van der Waals surface area (Å²) in [5.74, 6) is 0.692. The van der Waals surface area contributed by atoms with Crippen LogP contribution in [-0.2, 0) is 0 Å². The minimum atomic E-state index is -2.44. The molecule has 0 saturated heterocycles. The molecule has 0 amide bonds. The molecule has 0 aromatic heterocycles. The summed E-state index contributed by atoms with van der Waals surface area (Å²) in [6.07, 6.45) is 1.08. The number of aryl methyl sites for hydroxylation is 1. The van der Waals surface area contributed by atoms with Crippen molar-refractivity contribution >= 4 is 40.8 Å². The van der Waals surface area contributed by atoms with Crippen molar-refractivity contribution in [1.82, 2.24) is 5.32 Å². The van der Waals surface area contributed by atoms with Crippen LogP contribution in [0.5, 0.6) is 0 Å². The van der Waals surface area contributed by atoms with Gasteiger partial charge in [-0.3, -0.25) is 0 Å². The van der Waals surface area contributed by atoms with Gasteiger partial charge in [0.25, 0.3) is 0 Å². The van der Waals surface area contributed by atoms with Crippen molar-refractivity contribution in [2.24, 2.45) is 4.99 Å². The van der Waals surface area contributed by atoms with Crippen molar-refractivity contribution in [2.75, 3.05) is 6.26 Å². The first kappa shape index (κ1) is 23.6. The largest absolute Gasteiger partial charge is 0.365 e. The van der Waals surface area contributed by atoms with Gasteiger partial charge < -0.3 is 10.4 Å². The fraction of sp³-hybridized carbons (Fsp3) is 0.100. The second kappa shape index (κ2) is 10.2. The summed E-state index contributed by atoms with van der Waals surface area (Å²) in [5, 5.41) is 20.9. The highest BCUT2D eigenvalue weighted by atomic mass is 32.2. The van der Waals surface area contributed by atoms with Crippen LogP contribution in [0.1, 0.15) is 11.1 Å². The Hall–Kier alpha value is -3.17. The second-order valence-corrected chi connectivity index (χ2v) is 12.6. The van der Waals surface area contributed by atoms with E-state index in [4.69, 9.17) is 4.99 Å². The molecule has 5 heteroatoms. The average molecular weight is 496 g/mol. The molecule has 2 N–H and O–H groups in total. The Morgan fingerprint density at radius 3 is 1.60 bits per heavy atom. The van der Waals surface area contributed by atoms with Crippen molar-refractivity contribution in [3.05, 3.63) is 137 Å². The van der Waals surface area contributed by atoms with Gasteiger partial charge in [-0.1, -0.05) is 84.4 Å². The highest BCUT2D eigenvalue weighted by Crippen LogP contribution is 2.65. The summed E-state index contributed by atoms with van der Waals surface area (Å²) in [5.41, 5.74) is 2.15. The Labute approximate surface area is 212 Å². The Morgan fingerprint density at radius 1 is 0.714 bits per heavy atom. The molecule has 3 nitrogen and oxygen atoms in total. The number of nitrogens with one attached hydrogen (secondary N) is 1. The van der Waals surface area contributed by atoms with Crippen molar-refractivity contribution in [1.29, 1.82) is 0 Å². The van der Waals surface area contributed by atoms with Crippen molar-refractivity contribution < 1.29 is 5.11 Å². The number of aliphatic hydroxyl groups excluding tert-OH is 1. The van der Waals surface area contributed by atoms with Gasteiger partial charge in [-0.15, -0.1) is 11.8 Å². The lowest BCUT2D eigenvalue weighted by molar-refractivity contribution is 0.226. The zero-order valence-electron chi connectivity index (χ0n) is 19.8. The van der Waals surface area contributed by atoms with Gasteiger partial charge in [-0.05, 0) is 49.6 Å². The van der Waals surface area contributed by atoms with Gasteiger partial charge in [0.15, 0.2) is 5.31 Å². The minimum Gasteiger partial charge on any atom is -0.365 e. The maximum Gasteiger partial charge on any atom is 0.209 e. The van der Waals surface area contributed by atoms with Gasteiger partial charge in [0.1, 0.15) is 34.0 Å². The number of aliphatic hydroxyl groups is 1. The molecule has 35 heavy (non-hydrogen) atoms.